The second-order valence-electron chi connectivity index (χ2n) is 8.27. The van der Waals surface area contributed by atoms with Gasteiger partial charge in [-0.05, 0) is 55.3 Å². The molecule has 1 atom stereocenters. The van der Waals surface area contributed by atoms with Gasteiger partial charge < -0.3 is 9.64 Å². The lowest BCUT2D eigenvalue weighted by atomic mass is 10.1. The van der Waals surface area contributed by atoms with E-state index >= 15 is 0 Å². The maximum atomic E-state index is 14.5. The Kier molecular flexibility index (Phi) is 7.53. The van der Waals surface area contributed by atoms with Crippen LogP contribution in [0.15, 0.2) is 78.9 Å². The van der Waals surface area contributed by atoms with Crippen molar-refractivity contribution in [2.75, 3.05) is 18.1 Å². The number of nitrogens with zero attached hydrogens (tertiary/aromatic N) is 2. The topological polar surface area (TPSA) is 84.0 Å². The molecule has 1 unspecified atom stereocenters. The number of carbonyl (C=O) groups is 4. The van der Waals surface area contributed by atoms with Crippen LogP contribution in [0, 0.1) is 5.82 Å². The maximum absolute atomic E-state index is 14.5. The second kappa shape index (κ2) is 10.9. The van der Waals surface area contributed by atoms with Crippen molar-refractivity contribution in [3.63, 3.8) is 0 Å². The molecule has 0 N–H and O–H groups in total. The molecule has 36 heavy (non-hydrogen) atoms. The van der Waals surface area contributed by atoms with Gasteiger partial charge in [0.2, 0.25) is 5.91 Å². The summed E-state index contributed by atoms with van der Waals surface area (Å²) in [7, 11) is 0. The molecule has 7 nitrogen and oxygen atoms in total. The number of rotatable bonds is 8. The van der Waals surface area contributed by atoms with Crippen LogP contribution >= 0.6 is 0 Å². The van der Waals surface area contributed by atoms with Crippen LogP contribution in [-0.2, 0) is 20.7 Å². The van der Waals surface area contributed by atoms with Crippen molar-refractivity contribution in [1.29, 1.82) is 0 Å². The largest absolute Gasteiger partial charge is 0.462 e. The molecule has 3 amide bonds. The average molecular weight is 489 g/mol. The SMILES string of the molecule is CCOC(=O)c1ccc(N2C(=O)CC(N(CCc3ccccc3)C(=O)c3ccccc3F)C2=O)cc1. The number of amides is 3. The fraction of sp³-hybridized carbons (Fsp3) is 0.214. The van der Waals surface area contributed by atoms with Gasteiger partial charge in [0.15, 0.2) is 0 Å². The highest BCUT2D eigenvalue weighted by Crippen LogP contribution is 2.28. The summed E-state index contributed by atoms with van der Waals surface area (Å²) in [6.45, 7) is 2.04. The highest BCUT2D eigenvalue weighted by molar-refractivity contribution is 6.23. The summed E-state index contributed by atoms with van der Waals surface area (Å²) in [6.07, 6.45) is 0.195. The van der Waals surface area contributed by atoms with Crippen LogP contribution in [0.3, 0.4) is 0 Å². The molecule has 0 saturated carbocycles. The first-order chi connectivity index (χ1) is 17.4. The fourth-order valence-corrected chi connectivity index (χ4v) is 4.17. The van der Waals surface area contributed by atoms with E-state index in [0.717, 1.165) is 10.5 Å². The van der Waals surface area contributed by atoms with Gasteiger partial charge in [-0.1, -0.05) is 42.5 Å². The monoisotopic (exact) mass is 488 g/mol. The summed E-state index contributed by atoms with van der Waals surface area (Å²) in [5.74, 6) is -2.93. The molecule has 8 heteroatoms. The van der Waals surface area contributed by atoms with Crippen molar-refractivity contribution in [3.05, 3.63) is 101 Å². The quantitative estimate of drug-likeness (QED) is 0.353. The van der Waals surface area contributed by atoms with Gasteiger partial charge in [-0.2, -0.15) is 0 Å². The summed E-state index contributed by atoms with van der Waals surface area (Å²) >= 11 is 0. The van der Waals surface area contributed by atoms with E-state index in [1.54, 1.807) is 13.0 Å². The molecule has 1 aliphatic rings. The van der Waals surface area contributed by atoms with Crippen LogP contribution in [-0.4, -0.2) is 47.8 Å². The fourth-order valence-electron chi connectivity index (χ4n) is 4.17. The number of anilines is 1. The maximum Gasteiger partial charge on any atom is 0.338 e. The van der Waals surface area contributed by atoms with Crippen molar-refractivity contribution < 1.29 is 28.3 Å². The highest BCUT2D eigenvalue weighted by Gasteiger charge is 2.44. The molecule has 0 spiro atoms. The Bertz CT molecular complexity index is 1280. The Labute approximate surface area is 208 Å². The molecule has 0 aliphatic carbocycles. The number of hydrogen-bond acceptors (Lipinski definition) is 5. The molecule has 1 fully saturated rings. The minimum atomic E-state index is -1.09. The van der Waals surface area contributed by atoms with Crippen LogP contribution in [0.5, 0.6) is 0 Å². The summed E-state index contributed by atoms with van der Waals surface area (Å²) in [4.78, 5) is 54.0. The van der Waals surface area contributed by atoms with E-state index in [1.807, 2.05) is 30.3 Å². The number of ether oxygens (including phenoxy) is 1. The van der Waals surface area contributed by atoms with E-state index in [1.165, 1.54) is 47.4 Å². The van der Waals surface area contributed by atoms with Gasteiger partial charge in [0, 0.05) is 6.54 Å². The number of imide groups is 1. The van der Waals surface area contributed by atoms with Gasteiger partial charge in [0.1, 0.15) is 11.9 Å². The van der Waals surface area contributed by atoms with Gasteiger partial charge in [-0.25, -0.2) is 14.1 Å². The molecular formula is C28H25FN2O5. The van der Waals surface area contributed by atoms with Gasteiger partial charge in [0.05, 0.1) is 29.8 Å². The number of esters is 1. The number of carbonyl (C=O) groups excluding carboxylic acids is 4. The second-order valence-corrected chi connectivity index (χ2v) is 8.27. The molecule has 0 radical (unpaired) electrons. The summed E-state index contributed by atoms with van der Waals surface area (Å²) in [6, 6.07) is 19.8. The zero-order valence-corrected chi connectivity index (χ0v) is 19.7. The Morgan fingerprint density at radius 3 is 2.31 bits per heavy atom. The van der Waals surface area contributed by atoms with Crippen LogP contribution in [0.1, 0.15) is 39.6 Å². The molecule has 1 saturated heterocycles. The normalized spacial score (nSPS) is 15.2. The Balaban J connectivity index is 1.61. The average Bonchev–Trinajstić information content (AvgIpc) is 3.18. The van der Waals surface area contributed by atoms with Crippen molar-refractivity contribution in [2.24, 2.45) is 0 Å². The van der Waals surface area contributed by atoms with E-state index in [-0.39, 0.29) is 36.4 Å². The lowest BCUT2D eigenvalue weighted by molar-refractivity contribution is -0.122. The summed E-state index contributed by atoms with van der Waals surface area (Å²) in [5.41, 5.74) is 1.34. The van der Waals surface area contributed by atoms with Gasteiger partial charge in [-0.3, -0.25) is 14.4 Å². The van der Waals surface area contributed by atoms with Gasteiger partial charge in [0.25, 0.3) is 11.8 Å². The minimum absolute atomic E-state index is 0.122. The Morgan fingerprint density at radius 1 is 0.972 bits per heavy atom. The lowest BCUT2D eigenvalue weighted by Gasteiger charge is -2.28. The van der Waals surface area contributed by atoms with E-state index in [2.05, 4.69) is 0 Å². The van der Waals surface area contributed by atoms with Gasteiger partial charge in [-0.15, -0.1) is 0 Å². The smallest absolute Gasteiger partial charge is 0.338 e. The van der Waals surface area contributed by atoms with Crippen LogP contribution < -0.4 is 4.90 Å². The number of benzene rings is 3. The molecule has 0 bridgehead atoms. The Hall–Kier alpha value is -4.33. The molecule has 3 aromatic rings. The van der Waals surface area contributed by atoms with Crippen molar-refractivity contribution >= 4 is 29.4 Å². The first-order valence-corrected chi connectivity index (χ1v) is 11.6. The molecule has 184 valence electrons. The van der Waals surface area contributed by atoms with E-state index in [0.29, 0.717) is 6.42 Å². The molecule has 0 aromatic heterocycles. The molecule has 1 aliphatic heterocycles. The summed E-state index contributed by atoms with van der Waals surface area (Å²) < 4.78 is 19.4. The number of halogens is 1. The van der Waals surface area contributed by atoms with Gasteiger partial charge >= 0.3 is 5.97 Å². The summed E-state index contributed by atoms with van der Waals surface area (Å²) in [5, 5.41) is 0. The van der Waals surface area contributed by atoms with E-state index in [9.17, 15) is 23.6 Å². The third kappa shape index (κ3) is 5.17. The van der Waals surface area contributed by atoms with Crippen molar-refractivity contribution in [1.82, 2.24) is 4.90 Å². The minimum Gasteiger partial charge on any atom is -0.462 e. The third-order valence-corrected chi connectivity index (χ3v) is 5.99. The predicted molar refractivity (Wildman–Crippen MR) is 131 cm³/mol. The van der Waals surface area contributed by atoms with Crippen LogP contribution in [0.2, 0.25) is 0 Å². The van der Waals surface area contributed by atoms with Crippen molar-refractivity contribution in [3.8, 4) is 0 Å². The Morgan fingerprint density at radius 2 is 1.64 bits per heavy atom. The number of hydrogen-bond donors (Lipinski definition) is 0. The molecular weight excluding hydrogens is 463 g/mol. The van der Waals surface area contributed by atoms with E-state index in [4.69, 9.17) is 4.74 Å². The van der Waals surface area contributed by atoms with Crippen LogP contribution in [0.25, 0.3) is 0 Å². The first kappa shape index (κ1) is 24.8. The highest BCUT2D eigenvalue weighted by atomic mass is 19.1. The predicted octanol–water partition coefficient (Wildman–Crippen LogP) is 4.02. The first-order valence-electron chi connectivity index (χ1n) is 11.6. The standard InChI is InChI=1S/C28H25FN2O5/c1-2-36-28(35)20-12-14-21(15-13-20)31-25(32)18-24(27(31)34)30(17-16-19-8-4-3-5-9-19)26(33)22-10-6-7-11-23(22)29/h3-15,24H,2,16-18H2,1H3. The zero-order valence-electron chi connectivity index (χ0n) is 19.7. The van der Waals surface area contributed by atoms with E-state index < -0.39 is 35.5 Å². The third-order valence-electron chi connectivity index (χ3n) is 5.99. The van der Waals surface area contributed by atoms with Crippen LogP contribution in [0.4, 0.5) is 10.1 Å². The van der Waals surface area contributed by atoms with Crippen molar-refractivity contribution in [2.45, 2.75) is 25.8 Å². The lowest BCUT2D eigenvalue weighted by Crippen LogP contribution is -2.46. The molecule has 1 heterocycles. The molecule has 3 aromatic carbocycles. The zero-order chi connectivity index (χ0) is 25.7. The molecule has 4 rings (SSSR count).